The zero-order chi connectivity index (χ0) is 11.9. The van der Waals surface area contributed by atoms with Crippen LogP contribution in [0.5, 0.6) is 11.5 Å². The van der Waals surface area contributed by atoms with Crippen LogP contribution in [-0.4, -0.2) is 23.2 Å². The highest BCUT2D eigenvalue weighted by Crippen LogP contribution is 2.30. The van der Waals surface area contributed by atoms with E-state index in [4.69, 9.17) is 4.55 Å². The molecule has 0 fully saturated rings. The van der Waals surface area contributed by atoms with Gasteiger partial charge in [-0.3, -0.25) is 4.55 Å². The van der Waals surface area contributed by atoms with Crippen LogP contribution < -0.4 is 0 Å². The van der Waals surface area contributed by atoms with E-state index in [0.29, 0.717) is 10.8 Å². The lowest BCUT2D eigenvalue weighted by Crippen LogP contribution is -1.97. The highest BCUT2D eigenvalue weighted by atomic mass is 32.2. The minimum Gasteiger partial charge on any atom is -0.507 e. The molecule has 0 saturated heterocycles. The van der Waals surface area contributed by atoms with Crippen molar-refractivity contribution in [3.05, 3.63) is 30.3 Å². The Morgan fingerprint density at radius 3 is 2.44 bits per heavy atom. The van der Waals surface area contributed by atoms with Crippen molar-refractivity contribution in [3.8, 4) is 11.5 Å². The summed E-state index contributed by atoms with van der Waals surface area (Å²) < 4.78 is 30.6. The molecule has 83 valence electrons. The molecule has 5 nitrogen and oxygen atoms in total. The van der Waals surface area contributed by atoms with Gasteiger partial charge in [-0.1, -0.05) is 0 Å². The summed E-state index contributed by atoms with van der Waals surface area (Å²) in [5, 5.41) is 19.2. The Morgan fingerprint density at radius 1 is 1.12 bits per heavy atom. The highest BCUT2D eigenvalue weighted by Gasteiger charge is 2.11. The zero-order valence-electron chi connectivity index (χ0n) is 7.88. The van der Waals surface area contributed by atoms with Crippen molar-refractivity contribution in [1.82, 2.24) is 0 Å². The van der Waals surface area contributed by atoms with Gasteiger partial charge in [0.25, 0.3) is 10.1 Å². The lowest BCUT2D eigenvalue weighted by molar-refractivity contribution is 0.453. The van der Waals surface area contributed by atoms with Gasteiger partial charge in [0.05, 0.1) is 11.0 Å². The summed E-state index contributed by atoms with van der Waals surface area (Å²) in [6.07, 6.45) is 0. The number of aromatic hydroxyl groups is 2. The summed E-state index contributed by atoms with van der Waals surface area (Å²) in [7, 11) is -4.29. The maximum atomic E-state index is 10.9. The van der Waals surface area contributed by atoms with Crippen LogP contribution in [0.2, 0.25) is 0 Å². The van der Waals surface area contributed by atoms with E-state index in [0.717, 1.165) is 12.1 Å². The number of hydrogen-bond donors (Lipinski definition) is 3. The molecule has 0 bridgehead atoms. The number of hydrogen-bond acceptors (Lipinski definition) is 4. The Kier molecular flexibility index (Phi) is 2.25. The van der Waals surface area contributed by atoms with Gasteiger partial charge in [-0.2, -0.15) is 8.42 Å². The summed E-state index contributed by atoms with van der Waals surface area (Å²) in [4.78, 5) is -0.301. The third-order valence-electron chi connectivity index (χ3n) is 2.11. The second-order valence-electron chi connectivity index (χ2n) is 3.23. The SMILES string of the molecule is O=S(=O)(O)c1ccc2c(O)[c]c(O)cc2c1. The number of benzene rings is 2. The molecule has 2 aromatic carbocycles. The number of phenolic OH excluding ortho intramolecular Hbond substituents is 2. The first kappa shape index (κ1) is 10.7. The van der Waals surface area contributed by atoms with E-state index in [2.05, 4.69) is 6.07 Å². The number of fused-ring (bicyclic) bond motifs is 1. The molecule has 0 aliphatic rings. The summed E-state index contributed by atoms with van der Waals surface area (Å²) in [6.45, 7) is 0. The molecule has 16 heavy (non-hydrogen) atoms. The second-order valence-corrected chi connectivity index (χ2v) is 4.65. The Labute approximate surface area is 91.3 Å². The van der Waals surface area contributed by atoms with E-state index in [1.165, 1.54) is 12.1 Å². The van der Waals surface area contributed by atoms with E-state index in [9.17, 15) is 18.6 Å². The number of phenols is 2. The first-order chi connectivity index (χ1) is 7.38. The predicted octanol–water partition coefficient (Wildman–Crippen LogP) is 1.30. The van der Waals surface area contributed by atoms with Crippen LogP contribution in [0.25, 0.3) is 10.8 Å². The van der Waals surface area contributed by atoms with Crippen molar-refractivity contribution < 1.29 is 23.2 Å². The van der Waals surface area contributed by atoms with Gasteiger partial charge in [0, 0.05) is 5.39 Å². The average Bonchev–Trinajstić information content (AvgIpc) is 2.15. The Bertz CT molecular complexity index is 660. The van der Waals surface area contributed by atoms with Crippen LogP contribution in [0.1, 0.15) is 0 Å². The highest BCUT2D eigenvalue weighted by molar-refractivity contribution is 7.85. The van der Waals surface area contributed by atoms with Crippen LogP contribution in [0, 0.1) is 6.07 Å². The molecule has 0 heterocycles. The maximum absolute atomic E-state index is 10.9. The Hall–Kier alpha value is -1.79. The van der Waals surface area contributed by atoms with E-state index in [1.807, 2.05) is 0 Å². The molecule has 0 spiro atoms. The smallest absolute Gasteiger partial charge is 0.294 e. The van der Waals surface area contributed by atoms with Crippen molar-refractivity contribution in [3.63, 3.8) is 0 Å². The monoisotopic (exact) mass is 239 g/mol. The minimum absolute atomic E-state index is 0.281. The fourth-order valence-electron chi connectivity index (χ4n) is 1.41. The zero-order valence-corrected chi connectivity index (χ0v) is 8.69. The molecule has 0 amide bonds. The van der Waals surface area contributed by atoms with Gasteiger partial charge < -0.3 is 10.2 Å². The van der Waals surface area contributed by atoms with Crippen molar-refractivity contribution in [2.75, 3.05) is 0 Å². The van der Waals surface area contributed by atoms with Gasteiger partial charge in [-0.25, -0.2) is 0 Å². The Morgan fingerprint density at radius 2 is 1.81 bits per heavy atom. The molecule has 2 aromatic rings. The molecule has 0 aliphatic carbocycles. The van der Waals surface area contributed by atoms with Crippen molar-refractivity contribution in [2.24, 2.45) is 0 Å². The van der Waals surface area contributed by atoms with Gasteiger partial charge >= 0.3 is 0 Å². The summed E-state index contributed by atoms with van der Waals surface area (Å²) >= 11 is 0. The Balaban J connectivity index is 2.81. The summed E-state index contributed by atoms with van der Waals surface area (Å²) in [5.74, 6) is -0.589. The van der Waals surface area contributed by atoms with E-state index in [1.54, 1.807) is 0 Å². The van der Waals surface area contributed by atoms with E-state index in [-0.39, 0.29) is 16.4 Å². The number of rotatable bonds is 1. The van der Waals surface area contributed by atoms with Crippen LogP contribution in [0.4, 0.5) is 0 Å². The molecular formula is C10H7O5S. The third-order valence-corrected chi connectivity index (χ3v) is 2.96. The standard InChI is InChI=1S/C10H7O5S/c11-7-3-6-4-8(16(13,14)15)1-2-9(6)10(12)5-7/h1-4,11-12H,(H,13,14,15). The minimum atomic E-state index is -4.29. The van der Waals surface area contributed by atoms with Crippen LogP contribution in [0.3, 0.4) is 0 Å². The van der Waals surface area contributed by atoms with Crippen LogP contribution >= 0.6 is 0 Å². The van der Waals surface area contributed by atoms with Gasteiger partial charge in [-0.05, 0) is 29.7 Å². The molecule has 0 aromatic heterocycles. The van der Waals surface area contributed by atoms with Gasteiger partial charge in [0.1, 0.15) is 11.5 Å². The van der Waals surface area contributed by atoms with Gasteiger partial charge in [0.2, 0.25) is 0 Å². The molecular weight excluding hydrogens is 232 g/mol. The van der Waals surface area contributed by atoms with Crippen molar-refractivity contribution >= 4 is 20.9 Å². The van der Waals surface area contributed by atoms with Gasteiger partial charge in [-0.15, -0.1) is 0 Å². The fraction of sp³-hybridized carbons (Fsp3) is 0. The van der Waals surface area contributed by atoms with Gasteiger partial charge in [0.15, 0.2) is 0 Å². The fourth-order valence-corrected chi connectivity index (χ4v) is 1.92. The first-order valence-corrected chi connectivity index (χ1v) is 5.67. The normalized spacial score (nSPS) is 11.8. The van der Waals surface area contributed by atoms with Crippen LogP contribution in [-0.2, 0) is 10.1 Å². The summed E-state index contributed by atoms with van der Waals surface area (Å²) in [5.41, 5.74) is 0. The molecule has 0 aliphatic heterocycles. The van der Waals surface area contributed by atoms with Crippen molar-refractivity contribution in [2.45, 2.75) is 4.90 Å². The van der Waals surface area contributed by atoms with E-state index < -0.39 is 10.1 Å². The molecule has 3 N–H and O–H groups in total. The molecule has 0 atom stereocenters. The maximum Gasteiger partial charge on any atom is 0.294 e. The predicted molar refractivity (Wildman–Crippen MR) is 55.9 cm³/mol. The average molecular weight is 239 g/mol. The second kappa shape index (κ2) is 3.36. The molecule has 1 radical (unpaired) electrons. The molecule has 0 saturated carbocycles. The lowest BCUT2D eigenvalue weighted by atomic mass is 10.1. The molecule has 6 heteroatoms. The lowest BCUT2D eigenvalue weighted by Gasteiger charge is -2.03. The first-order valence-electron chi connectivity index (χ1n) is 4.23. The topological polar surface area (TPSA) is 94.8 Å². The molecule has 0 unspecified atom stereocenters. The van der Waals surface area contributed by atoms with Crippen LogP contribution in [0.15, 0.2) is 29.2 Å². The van der Waals surface area contributed by atoms with Crippen molar-refractivity contribution in [1.29, 1.82) is 0 Å². The largest absolute Gasteiger partial charge is 0.507 e. The van der Waals surface area contributed by atoms with E-state index >= 15 is 0 Å². The third kappa shape index (κ3) is 1.80. The molecule has 2 rings (SSSR count). The quantitative estimate of drug-likeness (QED) is 0.652. The summed E-state index contributed by atoms with van der Waals surface area (Å²) in [6, 6.07) is 7.14.